The van der Waals surface area contributed by atoms with Crippen molar-refractivity contribution in [1.82, 2.24) is 5.32 Å². The quantitative estimate of drug-likeness (QED) is 0.608. The zero-order chi connectivity index (χ0) is 17.2. The minimum absolute atomic E-state index is 0.0522. The highest BCUT2D eigenvalue weighted by molar-refractivity contribution is 5.93. The van der Waals surface area contributed by atoms with Crippen LogP contribution in [0.5, 0.6) is 5.75 Å². The fraction of sp³-hybridized carbons (Fsp3) is 0.467. The summed E-state index contributed by atoms with van der Waals surface area (Å²) in [6.45, 7) is 2.04. The molecule has 0 aliphatic rings. The van der Waals surface area contributed by atoms with E-state index in [0.717, 1.165) is 4.90 Å². The van der Waals surface area contributed by atoms with E-state index < -0.39 is 6.61 Å². The van der Waals surface area contributed by atoms with Gasteiger partial charge in [-0.1, -0.05) is 12.1 Å². The van der Waals surface area contributed by atoms with Gasteiger partial charge >= 0.3 is 6.61 Å². The fourth-order valence-corrected chi connectivity index (χ4v) is 1.99. The first-order valence-corrected chi connectivity index (χ1v) is 7.40. The van der Waals surface area contributed by atoms with Crippen molar-refractivity contribution in [3.8, 4) is 5.75 Å². The lowest BCUT2D eigenvalue weighted by Gasteiger charge is -2.17. The third-order valence-corrected chi connectivity index (χ3v) is 3.07. The molecule has 0 aromatic heterocycles. The first-order chi connectivity index (χ1) is 11.0. The first kappa shape index (κ1) is 18.8. The molecule has 2 amide bonds. The van der Waals surface area contributed by atoms with Crippen LogP contribution in [-0.4, -0.2) is 44.6 Å². The van der Waals surface area contributed by atoms with E-state index in [1.807, 2.05) is 13.8 Å². The summed E-state index contributed by atoms with van der Waals surface area (Å²) in [5, 5.41) is 5.21. The Morgan fingerprint density at radius 3 is 2.43 bits per heavy atom. The minimum Gasteiger partial charge on any atom is -0.433 e. The highest BCUT2D eigenvalue weighted by Crippen LogP contribution is 2.25. The van der Waals surface area contributed by atoms with E-state index in [1.165, 1.54) is 18.2 Å². The maximum absolute atomic E-state index is 12.3. The largest absolute Gasteiger partial charge is 0.433 e. The molecule has 3 N–H and O–H groups in total. The van der Waals surface area contributed by atoms with Crippen LogP contribution in [0.15, 0.2) is 24.3 Å². The van der Waals surface area contributed by atoms with Crippen LogP contribution >= 0.6 is 0 Å². The summed E-state index contributed by atoms with van der Waals surface area (Å²) in [6.07, 6.45) is 0. The van der Waals surface area contributed by atoms with E-state index in [2.05, 4.69) is 15.4 Å². The van der Waals surface area contributed by atoms with Crippen molar-refractivity contribution >= 4 is 17.5 Å². The van der Waals surface area contributed by atoms with Crippen LogP contribution in [0, 0.1) is 0 Å². The van der Waals surface area contributed by atoms with Crippen LogP contribution in [0.4, 0.5) is 14.5 Å². The second-order valence-corrected chi connectivity index (χ2v) is 4.83. The molecule has 1 aromatic carbocycles. The third-order valence-electron chi connectivity index (χ3n) is 3.07. The number of benzene rings is 1. The molecule has 0 aliphatic carbocycles. The van der Waals surface area contributed by atoms with Gasteiger partial charge in [0, 0.05) is 6.54 Å². The van der Waals surface area contributed by atoms with E-state index >= 15 is 0 Å². The second-order valence-electron chi connectivity index (χ2n) is 4.83. The third kappa shape index (κ3) is 7.05. The number of rotatable bonds is 9. The molecule has 1 rings (SSSR count). The van der Waals surface area contributed by atoms with Gasteiger partial charge in [-0.15, -0.1) is 0 Å². The SMILES string of the molecule is CCNC(=O)C[NH+](CC)CC(=O)Nc1ccccc1OC(F)F. The molecule has 0 fully saturated rings. The number of hydrogen-bond acceptors (Lipinski definition) is 3. The first-order valence-electron chi connectivity index (χ1n) is 7.40. The Kier molecular flexibility index (Phi) is 7.96. The van der Waals surface area contributed by atoms with E-state index in [1.54, 1.807) is 6.07 Å². The van der Waals surface area contributed by atoms with Crippen LogP contribution in [-0.2, 0) is 9.59 Å². The standard InChI is InChI=1S/C15H21F2N3O3/c1-3-18-13(21)9-20(4-2)10-14(22)19-11-7-5-6-8-12(11)23-15(16)17/h5-8,15H,3-4,9-10H2,1-2H3,(H,18,21)(H,19,22)/p+1. The van der Waals surface area contributed by atoms with Crippen LogP contribution in [0.2, 0.25) is 0 Å². The minimum atomic E-state index is -2.97. The maximum atomic E-state index is 12.3. The number of quaternary nitrogens is 1. The molecule has 23 heavy (non-hydrogen) atoms. The Morgan fingerprint density at radius 2 is 1.83 bits per heavy atom. The molecule has 1 atom stereocenters. The van der Waals surface area contributed by atoms with E-state index in [-0.39, 0.29) is 36.3 Å². The topological polar surface area (TPSA) is 71.9 Å². The van der Waals surface area contributed by atoms with Gasteiger partial charge in [0.25, 0.3) is 11.8 Å². The molecule has 1 unspecified atom stereocenters. The van der Waals surface area contributed by atoms with Gasteiger partial charge in [-0.25, -0.2) is 0 Å². The van der Waals surface area contributed by atoms with E-state index in [4.69, 9.17) is 0 Å². The highest BCUT2D eigenvalue weighted by Gasteiger charge is 2.18. The Morgan fingerprint density at radius 1 is 1.17 bits per heavy atom. The van der Waals surface area contributed by atoms with Crippen LogP contribution < -0.4 is 20.3 Å². The normalized spacial score (nSPS) is 11.9. The summed E-state index contributed by atoms with van der Waals surface area (Å²) in [7, 11) is 0. The van der Waals surface area contributed by atoms with Gasteiger partial charge in [-0.05, 0) is 26.0 Å². The number of nitrogens with one attached hydrogen (secondary N) is 3. The summed E-state index contributed by atoms with van der Waals surface area (Å²) >= 11 is 0. The Hall–Kier alpha value is -2.22. The van der Waals surface area contributed by atoms with Crippen molar-refractivity contribution in [1.29, 1.82) is 0 Å². The molecule has 0 saturated heterocycles. The molecule has 0 spiro atoms. The number of amides is 2. The smallest absolute Gasteiger partial charge is 0.387 e. The number of ether oxygens (including phenoxy) is 1. The fourth-order valence-electron chi connectivity index (χ4n) is 1.99. The molecular formula is C15H22F2N3O3+. The Bertz CT molecular complexity index is 526. The Balaban J connectivity index is 2.63. The lowest BCUT2D eigenvalue weighted by molar-refractivity contribution is -0.881. The molecule has 128 valence electrons. The van der Waals surface area contributed by atoms with Crippen LogP contribution in [0.1, 0.15) is 13.8 Å². The molecule has 0 heterocycles. The van der Waals surface area contributed by atoms with Crippen molar-refractivity contribution in [2.45, 2.75) is 20.5 Å². The average Bonchev–Trinajstić information content (AvgIpc) is 2.48. The number of carbonyl (C=O) groups excluding carboxylic acids is 2. The lowest BCUT2D eigenvalue weighted by Crippen LogP contribution is -3.14. The molecule has 0 radical (unpaired) electrons. The average molecular weight is 330 g/mol. The summed E-state index contributed by atoms with van der Waals surface area (Å²) in [4.78, 5) is 24.4. The predicted octanol–water partition coefficient (Wildman–Crippen LogP) is 0.267. The number of alkyl halides is 2. The number of halogens is 2. The number of anilines is 1. The summed E-state index contributed by atoms with van der Waals surface area (Å²) in [5.41, 5.74) is 0.172. The molecule has 6 nitrogen and oxygen atoms in total. The summed E-state index contributed by atoms with van der Waals surface area (Å²) < 4.78 is 29.0. The predicted molar refractivity (Wildman–Crippen MR) is 81.6 cm³/mol. The van der Waals surface area contributed by atoms with Gasteiger partial charge in [0.15, 0.2) is 13.1 Å². The molecule has 0 bridgehead atoms. The Labute approximate surface area is 133 Å². The van der Waals surface area contributed by atoms with Gasteiger partial charge < -0.3 is 20.3 Å². The zero-order valence-corrected chi connectivity index (χ0v) is 13.2. The van der Waals surface area contributed by atoms with Gasteiger partial charge in [0.1, 0.15) is 5.75 Å². The number of para-hydroxylation sites is 2. The van der Waals surface area contributed by atoms with Crippen molar-refractivity contribution in [3.63, 3.8) is 0 Å². The van der Waals surface area contributed by atoms with Crippen molar-refractivity contribution < 1.29 is 28.0 Å². The van der Waals surface area contributed by atoms with Gasteiger partial charge in [0.05, 0.1) is 12.2 Å². The van der Waals surface area contributed by atoms with Gasteiger partial charge in [-0.2, -0.15) is 8.78 Å². The molecule has 0 saturated carbocycles. The van der Waals surface area contributed by atoms with Crippen LogP contribution in [0.3, 0.4) is 0 Å². The van der Waals surface area contributed by atoms with Crippen LogP contribution in [0.25, 0.3) is 0 Å². The molecule has 0 aliphatic heterocycles. The molecular weight excluding hydrogens is 308 g/mol. The summed E-state index contributed by atoms with van der Waals surface area (Å²) in [6, 6.07) is 5.96. The molecule has 8 heteroatoms. The van der Waals surface area contributed by atoms with E-state index in [0.29, 0.717) is 13.1 Å². The van der Waals surface area contributed by atoms with Crippen molar-refractivity contribution in [2.75, 3.05) is 31.5 Å². The van der Waals surface area contributed by atoms with Gasteiger partial charge in [-0.3, -0.25) is 9.59 Å². The second kappa shape index (κ2) is 9.73. The van der Waals surface area contributed by atoms with Gasteiger partial charge in [0.2, 0.25) is 0 Å². The zero-order valence-electron chi connectivity index (χ0n) is 13.2. The number of carbonyl (C=O) groups is 2. The van der Waals surface area contributed by atoms with Crippen molar-refractivity contribution in [3.05, 3.63) is 24.3 Å². The highest BCUT2D eigenvalue weighted by atomic mass is 19.3. The van der Waals surface area contributed by atoms with E-state index in [9.17, 15) is 18.4 Å². The number of likely N-dealkylation sites (N-methyl/N-ethyl adjacent to an activating group) is 2. The molecule has 1 aromatic rings. The lowest BCUT2D eigenvalue weighted by atomic mass is 10.3. The van der Waals surface area contributed by atoms with Crippen molar-refractivity contribution in [2.24, 2.45) is 0 Å². The summed E-state index contributed by atoms with van der Waals surface area (Å²) in [5.74, 6) is -0.618. The maximum Gasteiger partial charge on any atom is 0.387 e. The number of hydrogen-bond donors (Lipinski definition) is 3. The monoisotopic (exact) mass is 330 g/mol.